The molecule has 9 nitrogen and oxygen atoms in total. The van der Waals surface area contributed by atoms with Crippen molar-refractivity contribution in [2.75, 3.05) is 13.2 Å². The molecule has 1 saturated heterocycles. The van der Waals surface area contributed by atoms with Gasteiger partial charge in [-0.2, -0.15) is 0 Å². The number of aliphatic hydroxyl groups excluding tert-OH is 5. The van der Waals surface area contributed by atoms with Gasteiger partial charge in [-0.1, -0.05) is 230 Å². The van der Waals surface area contributed by atoms with E-state index in [2.05, 4.69) is 43.5 Å². The van der Waals surface area contributed by atoms with E-state index in [1.54, 1.807) is 6.08 Å². The summed E-state index contributed by atoms with van der Waals surface area (Å²) in [6.45, 7) is 3.77. The van der Waals surface area contributed by atoms with Gasteiger partial charge in [-0.15, -0.1) is 0 Å². The molecule has 0 radical (unpaired) electrons. The molecule has 0 aromatic heterocycles. The SMILES string of the molecule is CCCCCCCCCC/C=C\CCCCCCCCCCCCCCCCCC(=O)NC(COC1OC(CO)C(O)C(O)C1O)C(O)/C=C/CC/C=C/CCCCCCCCCCC. The molecule has 382 valence electrons. The van der Waals surface area contributed by atoms with Gasteiger partial charge >= 0.3 is 0 Å². The number of unbranched alkanes of at least 4 members (excludes halogenated alkanes) is 33. The van der Waals surface area contributed by atoms with Gasteiger partial charge in [0.05, 0.1) is 25.4 Å². The number of hydrogen-bond acceptors (Lipinski definition) is 8. The zero-order valence-electron chi connectivity index (χ0n) is 42.3. The second-order valence-corrected chi connectivity index (χ2v) is 19.4. The Bertz CT molecular complexity index is 1110. The van der Waals surface area contributed by atoms with E-state index >= 15 is 0 Å². The number of amides is 1. The summed E-state index contributed by atoms with van der Waals surface area (Å²) in [5.74, 6) is -0.184. The molecular formula is C56H105NO8. The molecule has 6 N–H and O–H groups in total. The number of carbonyl (C=O) groups is 1. The third kappa shape index (κ3) is 36.1. The van der Waals surface area contributed by atoms with E-state index in [9.17, 15) is 30.3 Å². The average Bonchev–Trinajstić information content (AvgIpc) is 3.31. The fourth-order valence-electron chi connectivity index (χ4n) is 8.76. The minimum absolute atomic E-state index is 0.184. The first-order valence-corrected chi connectivity index (χ1v) is 27.7. The molecule has 0 aromatic carbocycles. The molecular weight excluding hydrogens is 815 g/mol. The Hall–Kier alpha value is -1.59. The Balaban J connectivity index is 2.21. The van der Waals surface area contributed by atoms with E-state index in [1.807, 2.05) is 6.08 Å². The van der Waals surface area contributed by atoms with E-state index in [4.69, 9.17) is 9.47 Å². The Morgan fingerprint density at radius 1 is 0.508 bits per heavy atom. The fraction of sp³-hybridized carbons (Fsp3) is 0.875. The van der Waals surface area contributed by atoms with Crippen LogP contribution in [0, 0.1) is 0 Å². The van der Waals surface area contributed by atoms with Crippen LogP contribution < -0.4 is 5.32 Å². The second kappa shape index (κ2) is 46.2. The molecule has 7 unspecified atom stereocenters. The number of rotatable bonds is 47. The molecule has 1 heterocycles. The summed E-state index contributed by atoms with van der Waals surface area (Å²) in [5.41, 5.74) is 0. The van der Waals surface area contributed by atoms with Crippen LogP contribution >= 0.6 is 0 Å². The molecule has 9 heteroatoms. The van der Waals surface area contributed by atoms with Crippen LogP contribution in [0.15, 0.2) is 36.5 Å². The largest absolute Gasteiger partial charge is 0.394 e. The first kappa shape index (κ1) is 61.4. The first-order valence-electron chi connectivity index (χ1n) is 27.7. The molecule has 0 spiro atoms. The summed E-state index contributed by atoms with van der Waals surface area (Å²) in [7, 11) is 0. The Morgan fingerprint density at radius 3 is 1.29 bits per heavy atom. The van der Waals surface area contributed by atoms with Crippen LogP contribution in [-0.4, -0.2) is 87.5 Å². The molecule has 1 amide bonds. The van der Waals surface area contributed by atoms with Gasteiger partial charge in [0.25, 0.3) is 0 Å². The number of nitrogens with one attached hydrogen (secondary N) is 1. The number of allylic oxidation sites excluding steroid dienone is 5. The summed E-state index contributed by atoms with van der Waals surface area (Å²) in [4.78, 5) is 13.0. The molecule has 65 heavy (non-hydrogen) atoms. The Labute approximate surface area is 400 Å². The number of ether oxygens (including phenoxy) is 2. The molecule has 1 aliphatic rings. The zero-order chi connectivity index (χ0) is 47.3. The predicted octanol–water partition coefficient (Wildman–Crippen LogP) is 13.2. The molecule has 7 atom stereocenters. The molecule has 1 fully saturated rings. The van der Waals surface area contributed by atoms with Crippen molar-refractivity contribution in [2.24, 2.45) is 0 Å². The summed E-state index contributed by atoms with van der Waals surface area (Å²) in [6.07, 6.45) is 52.1. The van der Waals surface area contributed by atoms with E-state index in [0.717, 1.165) is 38.5 Å². The van der Waals surface area contributed by atoms with Crippen LogP contribution in [0.3, 0.4) is 0 Å². The molecule has 1 aliphatic heterocycles. The fourth-order valence-corrected chi connectivity index (χ4v) is 8.76. The van der Waals surface area contributed by atoms with E-state index < -0.39 is 49.5 Å². The minimum atomic E-state index is -1.57. The smallest absolute Gasteiger partial charge is 0.220 e. The van der Waals surface area contributed by atoms with Gasteiger partial charge in [0.15, 0.2) is 6.29 Å². The number of aliphatic hydroxyl groups is 5. The third-order valence-corrected chi connectivity index (χ3v) is 13.2. The van der Waals surface area contributed by atoms with Crippen molar-refractivity contribution in [3.05, 3.63) is 36.5 Å². The van der Waals surface area contributed by atoms with E-state index in [1.165, 1.54) is 199 Å². The van der Waals surface area contributed by atoms with Gasteiger partial charge in [-0.3, -0.25) is 4.79 Å². The van der Waals surface area contributed by atoms with Gasteiger partial charge in [-0.25, -0.2) is 0 Å². The molecule has 1 rings (SSSR count). The Morgan fingerprint density at radius 2 is 0.877 bits per heavy atom. The van der Waals surface area contributed by atoms with Crippen LogP contribution in [0.25, 0.3) is 0 Å². The highest BCUT2D eigenvalue weighted by atomic mass is 16.7. The highest BCUT2D eigenvalue weighted by Gasteiger charge is 2.44. The van der Waals surface area contributed by atoms with Gasteiger partial charge in [0.1, 0.15) is 24.4 Å². The lowest BCUT2D eigenvalue weighted by atomic mass is 9.99. The van der Waals surface area contributed by atoms with Crippen molar-refractivity contribution in [3.63, 3.8) is 0 Å². The maximum Gasteiger partial charge on any atom is 0.220 e. The monoisotopic (exact) mass is 920 g/mol. The average molecular weight is 920 g/mol. The number of hydrogen-bond donors (Lipinski definition) is 6. The molecule has 0 aliphatic carbocycles. The van der Waals surface area contributed by atoms with Gasteiger partial charge in [0.2, 0.25) is 5.91 Å². The van der Waals surface area contributed by atoms with Crippen LogP contribution in [0.2, 0.25) is 0 Å². The lowest BCUT2D eigenvalue weighted by Crippen LogP contribution is -2.60. The van der Waals surface area contributed by atoms with E-state index in [0.29, 0.717) is 6.42 Å². The van der Waals surface area contributed by atoms with Gasteiger partial charge < -0.3 is 40.3 Å². The standard InChI is InChI=1S/C56H105NO8/c1-3-5-7-9-11-13-15-17-19-20-21-22-23-24-25-26-27-28-29-30-32-34-36-38-40-42-44-46-52(60)57-49(48-64-56-55(63)54(62)53(61)51(47-58)65-56)50(59)45-43-41-39-37-35-33-31-18-16-14-12-10-8-6-4-2/h20-21,35,37,43,45,49-51,53-56,58-59,61-63H,3-19,22-34,36,38-42,44,46-48H2,1-2H3,(H,57,60)/b21-20-,37-35+,45-43+. The normalized spacial score (nSPS) is 20.1. The quantitative estimate of drug-likeness (QED) is 0.0261. The van der Waals surface area contributed by atoms with E-state index in [-0.39, 0.29) is 12.5 Å². The van der Waals surface area contributed by atoms with Crippen LogP contribution in [0.4, 0.5) is 0 Å². The topological polar surface area (TPSA) is 149 Å². The zero-order valence-corrected chi connectivity index (χ0v) is 42.3. The summed E-state index contributed by atoms with van der Waals surface area (Å²) in [6, 6.07) is -0.820. The Kier molecular flexibility index (Phi) is 43.6. The van der Waals surface area contributed by atoms with Gasteiger partial charge in [0, 0.05) is 6.42 Å². The van der Waals surface area contributed by atoms with Crippen molar-refractivity contribution in [3.8, 4) is 0 Å². The van der Waals surface area contributed by atoms with Crippen LogP contribution in [-0.2, 0) is 14.3 Å². The maximum absolute atomic E-state index is 13.0. The van der Waals surface area contributed by atoms with Crippen LogP contribution in [0.1, 0.15) is 258 Å². The van der Waals surface area contributed by atoms with Crippen molar-refractivity contribution in [1.29, 1.82) is 0 Å². The highest BCUT2D eigenvalue weighted by molar-refractivity contribution is 5.76. The van der Waals surface area contributed by atoms with Crippen molar-refractivity contribution in [2.45, 2.75) is 301 Å². The summed E-state index contributed by atoms with van der Waals surface area (Å²) < 4.78 is 11.2. The molecule has 0 saturated carbocycles. The second-order valence-electron chi connectivity index (χ2n) is 19.4. The summed E-state index contributed by atoms with van der Waals surface area (Å²) in [5, 5.41) is 54.4. The number of carbonyl (C=O) groups excluding carboxylic acids is 1. The lowest BCUT2D eigenvalue weighted by Gasteiger charge is -2.40. The first-order chi connectivity index (χ1) is 31.8. The van der Waals surface area contributed by atoms with Crippen molar-refractivity contribution < 1.29 is 39.8 Å². The molecule has 0 bridgehead atoms. The minimum Gasteiger partial charge on any atom is -0.394 e. The van der Waals surface area contributed by atoms with Crippen molar-refractivity contribution >= 4 is 5.91 Å². The third-order valence-electron chi connectivity index (χ3n) is 13.2. The molecule has 0 aromatic rings. The van der Waals surface area contributed by atoms with Crippen molar-refractivity contribution in [1.82, 2.24) is 5.32 Å². The summed E-state index contributed by atoms with van der Waals surface area (Å²) >= 11 is 0. The predicted molar refractivity (Wildman–Crippen MR) is 272 cm³/mol. The highest BCUT2D eigenvalue weighted by Crippen LogP contribution is 2.23. The lowest BCUT2D eigenvalue weighted by molar-refractivity contribution is -0.302. The van der Waals surface area contributed by atoms with Crippen LogP contribution in [0.5, 0.6) is 0 Å². The maximum atomic E-state index is 13.0. The van der Waals surface area contributed by atoms with Gasteiger partial charge in [-0.05, 0) is 57.8 Å².